The van der Waals surface area contributed by atoms with Gasteiger partial charge in [0.15, 0.2) is 0 Å². The Kier molecular flexibility index (Phi) is 5.08. The molecule has 17 heavy (non-hydrogen) atoms. The Morgan fingerprint density at radius 3 is 2.12 bits per heavy atom. The summed E-state index contributed by atoms with van der Waals surface area (Å²) in [6.07, 6.45) is 6.47. The molecule has 0 N–H and O–H groups in total. The quantitative estimate of drug-likeness (QED) is 0.622. The van der Waals surface area contributed by atoms with E-state index in [1.807, 2.05) is 0 Å². The van der Waals surface area contributed by atoms with Crippen molar-refractivity contribution in [2.45, 2.75) is 57.8 Å². The zero-order valence-electron chi connectivity index (χ0n) is 10.4. The highest BCUT2D eigenvalue weighted by Gasteiger charge is 2.40. The number of alkyl halides is 3. The van der Waals surface area contributed by atoms with Crippen LogP contribution >= 0.6 is 11.6 Å². The first-order valence-corrected chi connectivity index (χ1v) is 7.61. The Balaban J connectivity index is 2.05. The highest BCUT2D eigenvalue weighted by atomic mass is 35.5. The summed E-state index contributed by atoms with van der Waals surface area (Å²) in [5.41, 5.74) is 0. The van der Waals surface area contributed by atoms with Crippen molar-refractivity contribution in [1.29, 1.82) is 0 Å². The standard InChI is InChI=1S/C14H23ClF2/c15-9-10-5-1-2-6-11(10)12-7-3-4-8-13(12)14(16)17/h10-14H,1-9H2. The van der Waals surface area contributed by atoms with Crippen LogP contribution < -0.4 is 0 Å². The largest absolute Gasteiger partial charge is 0.241 e. The average molecular weight is 265 g/mol. The fraction of sp³-hybridized carbons (Fsp3) is 1.00. The van der Waals surface area contributed by atoms with Gasteiger partial charge in [0, 0.05) is 11.8 Å². The molecule has 0 nitrogen and oxygen atoms in total. The van der Waals surface area contributed by atoms with Gasteiger partial charge in [-0.2, -0.15) is 0 Å². The van der Waals surface area contributed by atoms with Crippen LogP contribution in [0.15, 0.2) is 0 Å². The lowest BCUT2D eigenvalue weighted by Crippen LogP contribution is -2.37. The van der Waals surface area contributed by atoms with E-state index in [0.717, 1.165) is 38.5 Å². The molecule has 0 bridgehead atoms. The van der Waals surface area contributed by atoms with Gasteiger partial charge in [-0.05, 0) is 43.4 Å². The number of hydrogen-bond acceptors (Lipinski definition) is 0. The second kappa shape index (κ2) is 6.36. The van der Waals surface area contributed by atoms with Gasteiger partial charge in [0.2, 0.25) is 6.43 Å². The second-order valence-corrected chi connectivity index (χ2v) is 6.12. The van der Waals surface area contributed by atoms with E-state index >= 15 is 0 Å². The van der Waals surface area contributed by atoms with Crippen LogP contribution in [-0.2, 0) is 0 Å². The molecule has 3 heteroatoms. The molecule has 2 fully saturated rings. The van der Waals surface area contributed by atoms with E-state index in [1.54, 1.807) is 0 Å². The lowest BCUT2D eigenvalue weighted by molar-refractivity contribution is -0.0170. The van der Waals surface area contributed by atoms with Crippen molar-refractivity contribution in [3.05, 3.63) is 0 Å². The van der Waals surface area contributed by atoms with E-state index in [0.29, 0.717) is 17.7 Å². The lowest BCUT2D eigenvalue weighted by Gasteiger charge is -2.42. The third-order valence-corrected chi connectivity index (χ3v) is 5.31. The molecule has 0 spiro atoms. The van der Waals surface area contributed by atoms with E-state index < -0.39 is 6.43 Å². The zero-order valence-corrected chi connectivity index (χ0v) is 11.1. The Labute approximate surface area is 108 Å². The van der Waals surface area contributed by atoms with E-state index in [9.17, 15) is 8.78 Å². The maximum atomic E-state index is 13.1. The molecular weight excluding hydrogens is 242 g/mol. The third-order valence-electron chi connectivity index (χ3n) is 4.91. The van der Waals surface area contributed by atoms with Gasteiger partial charge >= 0.3 is 0 Å². The number of halogens is 3. The smallest absolute Gasteiger partial charge is 0.210 e. The summed E-state index contributed by atoms with van der Waals surface area (Å²) in [4.78, 5) is 0. The van der Waals surface area contributed by atoms with Crippen LogP contribution in [0.2, 0.25) is 0 Å². The van der Waals surface area contributed by atoms with Crippen molar-refractivity contribution in [2.24, 2.45) is 23.7 Å². The van der Waals surface area contributed by atoms with Crippen LogP contribution in [-0.4, -0.2) is 12.3 Å². The molecule has 2 rings (SSSR count). The fourth-order valence-electron chi connectivity index (χ4n) is 4.02. The van der Waals surface area contributed by atoms with Crippen LogP contribution in [0.25, 0.3) is 0 Å². The summed E-state index contributed by atoms with van der Waals surface area (Å²) in [6.45, 7) is 0. The van der Waals surface area contributed by atoms with Crippen molar-refractivity contribution >= 4 is 11.6 Å². The van der Waals surface area contributed by atoms with Gasteiger partial charge in [0.25, 0.3) is 0 Å². The normalized spacial score (nSPS) is 39.5. The summed E-state index contributed by atoms with van der Waals surface area (Å²) in [5, 5.41) is 0. The number of hydrogen-bond donors (Lipinski definition) is 0. The number of rotatable bonds is 3. The Hall–Kier alpha value is 0.150. The minimum absolute atomic E-state index is 0.243. The fourth-order valence-corrected chi connectivity index (χ4v) is 4.41. The van der Waals surface area contributed by atoms with E-state index in [2.05, 4.69) is 0 Å². The van der Waals surface area contributed by atoms with Crippen molar-refractivity contribution < 1.29 is 8.78 Å². The first-order chi connectivity index (χ1) is 8.24. The minimum atomic E-state index is -2.13. The third kappa shape index (κ3) is 3.13. The predicted octanol–water partition coefficient (Wildman–Crippen LogP) is 5.10. The Morgan fingerprint density at radius 2 is 1.47 bits per heavy atom. The highest BCUT2D eigenvalue weighted by Crippen LogP contribution is 2.46. The lowest BCUT2D eigenvalue weighted by atomic mass is 9.64. The minimum Gasteiger partial charge on any atom is -0.210 e. The molecule has 0 aliphatic heterocycles. The molecule has 0 heterocycles. The van der Waals surface area contributed by atoms with Crippen LogP contribution in [0.3, 0.4) is 0 Å². The van der Waals surface area contributed by atoms with Gasteiger partial charge in [0.1, 0.15) is 0 Å². The van der Waals surface area contributed by atoms with E-state index in [1.165, 1.54) is 12.8 Å². The summed E-state index contributed by atoms with van der Waals surface area (Å²) in [7, 11) is 0. The monoisotopic (exact) mass is 264 g/mol. The van der Waals surface area contributed by atoms with Crippen LogP contribution in [0.5, 0.6) is 0 Å². The molecule has 100 valence electrons. The summed E-state index contributed by atoms with van der Waals surface area (Å²) in [6, 6.07) is 0. The summed E-state index contributed by atoms with van der Waals surface area (Å²) < 4.78 is 26.2. The maximum Gasteiger partial charge on any atom is 0.241 e. The van der Waals surface area contributed by atoms with E-state index in [4.69, 9.17) is 11.6 Å². The molecule has 4 unspecified atom stereocenters. The predicted molar refractivity (Wildman–Crippen MR) is 67.6 cm³/mol. The molecule has 0 saturated heterocycles. The van der Waals surface area contributed by atoms with Gasteiger partial charge in [0.05, 0.1) is 0 Å². The molecular formula is C14H23ClF2. The molecule has 0 aromatic heterocycles. The summed E-state index contributed by atoms with van der Waals surface area (Å²) in [5.74, 6) is 1.53. The maximum absolute atomic E-state index is 13.1. The Morgan fingerprint density at radius 1 is 0.882 bits per heavy atom. The second-order valence-electron chi connectivity index (χ2n) is 5.81. The molecule has 0 amide bonds. The zero-order chi connectivity index (χ0) is 12.3. The molecule has 4 atom stereocenters. The van der Waals surface area contributed by atoms with Gasteiger partial charge < -0.3 is 0 Å². The Bertz CT molecular complexity index is 232. The molecule has 2 aliphatic rings. The van der Waals surface area contributed by atoms with Gasteiger partial charge in [-0.3, -0.25) is 0 Å². The topological polar surface area (TPSA) is 0 Å². The van der Waals surface area contributed by atoms with Crippen LogP contribution in [0.4, 0.5) is 8.78 Å². The van der Waals surface area contributed by atoms with E-state index in [-0.39, 0.29) is 11.8 Å². The molecule has 0 aromatic rings. The van der Waals surface area contributed by atoms with Gasteiger partial charge in [-0.25, -0.2) is 8.78 Å². The summed E-state index contributed by atoms with van der Waals surface area (Å²) >= 11 is 6.03. The first kappa shape index (κ1) is 13.6. The molecule has 0 radical (unpaired) electrons. The van der Waals surface area contributed by atoms with Crippen molar-refractivity contribution in [1.82, 2.24) is 0 Å². The van der Waals surface area contributed by atoms with Gasteiger partial charge in [-0.15, -0.1) is 11.6 Å². The molecule has 2 aliphatic carbocycles. The van der Waals surface area contributed by atoms with Crippen LogP contribution in [0, 0.1) is 23.7 Å². The van der Waals surface area contributed by atoms with Crippen LogP contribution in [0.1, 0.15) is 51.4 Å². The van der Waals surface area contributed by atoms with Crippen molar-refractivity contribution in [2.75, 3.05) is 5.88 Å². The SMILES string of the molecule is FC(F)C1CCCCC1C1CCCCC1CCl. The molecule has 0 aromatic carbocycles. The van der Waals surface area contributed by atoms with Crippen molar-refractivity contribution in [3.63, 3.8) is 0 Å². The average Bonchev–Trinajstić information content (AvgIpc) is 2.38. The van der Waals surface area contributed by atoms with Gasteiger partial charge in [-0.1, -0.05) is 25.7 Å². The first-order valence-electron chi connectivity index (χ1n) is 7.08. The highest BCUT2D eigenvalue weighted by molar-refractivity contribution is 6.18. The molecule has 2 saturated carbocycles. The van der Waals surface area contributed by atoms with Crippen molar-refractivity contribution in [3.8, 4) is 0 Å².